The molecule has 0 bridgehead atoms. The lowest BCUT2D eigenvalue weighted by Gasteiger charge is -2.10. The van der Waals surface area contributed by atoms with Crippen LogP contribution < -0.4 is 24.8 Å². The number of anilines is 1. The number of hydrogen-bond donors (Lipinski definition) is 2. The summed E-state index contributed by atoms with van der Waals surface area (Å²) in [5, 5.41) is 6.04. The number of nitrogens with one attached hydrogen (secondary N) is 2. The lowest BCUT2D eigenvalue weighted by molar-refractivity contribution is 0.0945. The van der Waals surface area contributed by atoms with E-state index in [9.17, 15) is 4.79 Å². The third-order valence-corrected chi connectivity index (χ3v) is 4.44. The molecule has 4 rings (SSSR count). The number of hydrogen-bond acceptors (Lipinski definition) is 7. The SMILES string of the molecule is COc1ccccc1CNc1cc(C(=O)NCc2ccc3c(c2)OCO3)ncn1. The van der Waals surface area contributed by atoms with Gasteiger partial charge in [-0.15, -0.1) is 0 Å². The molecule has 29 heavy (non-hydrogen) atoms. The van der Waals surface area contributed by atoms with Gasteiger partial charge in [0, 0.05) is 24.7 Å². The maximum absolute atomic E-state index is 12.5. The Hall–Kier alpha value is -3.81. The lowest BCUT2D eigenvalue weighted by Crippen LogP contribution is -2.24. The van der Waals surface area contributed by atoms with Gasteiger partial charge in [0.1, 0.15) is 23.6 Å². The van der Waals surface area contributed by atoms with Crippen LogP contribution in [0.3, 0.4) is 0 Å². The second-order valence-corrected chi connectivity index (χ2v) is 6.32. The zero-order chi connectivity index (χ0) is 20.1. The van der Waals surface area contributed by atoms with Crippen molar-refractivity contribution in [1.82, 2.24) is 15.3 Å². The number of amides is 1. The highest BCUT2D eigenvalue weighted by Crippen LogP contribution is 2.32. The van der Waals surface area contributed by atoms with Crippen molar-refractivity contribution in [3.05, 3.63) is 71.7 Å². The van der Waals surface area contributed by atoms with Crippen molar-refractivity contribution in [3.8, 4) is 17.2 Å². The standard InChI is InChI=1S/C21H20N4O4/c1-27-17-5-3-2-4-15(17)11-22-20-9-16(24-12-25-20)21(26)23-10-14-6-7-18-19(8-14)29-13-28-18/h2-9,12H,10-11,13H2,1H3,(H,23,26)(H,22,24,25). The van der Waals surface area contributed by atoms with Crippen LogP contribution in [0.1, 0.15) is 21.6 Å². The molecule has 0 unspecified atom stereocenters. The molecule has 1 aliphatic rings. The van der Waals surface area contributed by atoms with E-state index < -0.39 is 0 Å². The van der Waals surface area contributed by atoms with Crippen LogP contribution in [0, 0.1) is 0 Å². The number of benzene rings is 2. The minimum Gasteiger partial charge on any atom is -0.496 e. The third-order valence-electron chi connectivity index (χ3n) is 4.44. The van der Waals surface area contributed by atoms with Crippen molar-refractivity contribution >= 4 is 11.7 Å². The molecule has 1 aromatic heterocycles. The molecule has 0 spiro atoms. The van der Waals surface area contributed by atoms with Crippen molar-refractivity contribution in [3.63, 3.8) is 0 Å². The minimum absolute atomic E-state index is 0.219. The topological polar surface area (TPSA) is 94.6 Å². The number of nitrogens with zero attached hydrogens (tertiary/aromatic N) is 2. The second-order valence-electron chi connectivity index (χ2n) is 6.32. The molecule has 0 fully saturated rings. The fourth-order valence-corrected chi connectivity index (χ4v) is 2.94. The average molecular weight is 392 g/mol. The Morgan fingerprint density at radius 3 is 2.83 bits per heavy atom. The Labute approximate surface area is 167 Å². The molecule has 1 amide bonds. The Kier molecular flexibility index (Phi) is 5.42. The fourth-order valence-electron chi connectivity index (χ4n) is 2.94. The molecular formula is C21H20N4O4. The highest BCUT2D eigenvalue weighted by molar-refractivity contribution is 5.92. The first-order valence-corrected chi connectivity index (χ1v) is 9.07. The van der Waals surface area contributed by atoms with Crippen molar-refractivity contribution in [2.75, 3.05) is 19.2 Å². The number of ether oxygens (including phenoxy) is 3. The molecule has 0 atom stereocenters. The van der Waals surface area contributed by atoms with E-state index in [0.717, 1.165) is 16.9 Å². The Morgan fingerprint density at radius 1 is 1.07 bits per heavy atom. The van der Waals surface area contributed by atoms with Gasteiger partial charge in [0.25, 0.3) is 5.91 Å². The monoisotopic (exact) mass is 392 g/mol. The Morgan fingerprint density at radius 2 is 1.93 bits per heavy atom. The van der Waals surface area contributed by atoms with Gasteiger partial charge in [-0.05, 0) is 23.8 Å². The fraction of sp³-hybridized carbons (Fsp3) is 0.190. The van der Waals surface area contributed by atoms with Crippen molar-refractivity contribution in [1.29, 1.82) is 0 Å². The number of rotatable bonds is 7. The molecule has 0 saturated carbocycles. The highest BCUT2D eigenvalue weighted by atomic mass is 16.7. The predicted molar refractivity (Wildman–Crippen MR) is 106 cm³/mol. The van der Waals surface area contributed by atoms with Gasteiger partial charge >= 0.3 is 0 Å². The predicted octanol–water partition coefficient (Wildman–Crippen LogP) is 2.76. The first-order chi connectivity index (χ1) is 14.2. The molecule has 1 aliphatic heterocycles. The van der Waals surface area contributed by atoms with Gasteiger partial charge in [0.05, 0.1) is 7.11 Å². The molecule has 2 heterocycles. The first-order valence-electron chi connectivity index (χ1n) is 9.07. The number of para-hydroxylation sites is 1. The molecule has 0 radical (unpaired) electrons. The zero-order valence-electron chi connectivity index (χ0n) is 15.8. The van der Waals surface area contributed by atoms with E-state index in [4.69, 9.17) is 14.2 Å². The van der Waals surface area contributed by atoms with Crippen LogP contribution >= 0.6 is 0 Å². The third kappa shape index (κ3) is 4.37. The van der Waals surface area contributed by atoms with E-state index in [0.29, 0.717) is 30.4 Å². The second kappa shape index (κ2) is 8.47. The first kappa shape index (κ1) is 18.5. The van der Waals surface area contributed by atoms with Gasteiger partial charge < -0.3 is 24.8 Å². The van der Waals surface area contributed by atoms with Crippen LogP contribution in [0.15, 0.2) is 54.9 Å². The smallest absolute Gasteiger partial charge is 0.270 e. The van der Waals surface area contributed by atoms with Crippen LogP contribution in [0.2, 0.25) is 0 Å². The van der Waals surface area contributed by atoms with Crippen LogP contribution in [0.4, 0.5) is 5.82 Å². The van der Waals surface area contributed by atoms with Crippen LogP contribution in [0.25, 0.3) is 0 Å². The Balaban J connectivity index is 1.37. The summed E-state index contributed by atoms with van der Waals surface area (Å²) in [6, 6.07) is 14.9. The van der Waals surface area contributed by atoms with Crippen molar-refractivity contribution < 1.29 is 19.0 Å². The van der Waals surface area contributed by atoms with Crippen molar-refractivity contribution in [2.24, 2.45) is 0 Å². The summed E-state index contributed by atoms with van der Waals surface area (Å²) in [5.41, 5.74) is 2.18. The van der Waals surface area contributed by atoms with Gasteiger partial charge in [0.2, 0.25) is 6.79 Å². The van der Waals surface area contributed by atoms with E-state index in [-0.39, 0.29) is 18.4 Å². The average Bonchev–Trinajstić information content (AvgIpc) is 3.24. The summed E-state index contributed by atoms with van der Waals surface area (Å²) in [6.07, 6.45) is 1.36. The van der Waals surface area contributed by atoms with E-state index in [1.807, 2.05) is 42.5 Å². The molecule has 0 saturated heterocycles. The normalized spacial score (nSPS) is 11.8. The van der Waals surface area contributed by atoms with E-state index in [2.05, 4.69) is 20.6 Å². The van der Waals surface area contributed by atoms with Gasteiger partial charge in [0.15, 0.2) is 11.5 Å². The molecule has 0 aliphatic carbocycles. The Bertz CT molecular complexity index is 1030. The van der Waals surface area contributed by atoms with Gasteiger partial charge in [-0.1, -0.05) is 24.3 Å². The van der Waals surface area contributed by atoms with Gasteiger partial charge in [-0.2, -0.15) is 0 Å². The van der Waals surface area contributed by atoms with Crippen molar-refractivity contribution in [2.45, 2.75) is 13.1 Å². The minimum atomic E-state index is -0.287. The highest BCUT2D eigenvalue weighted by Gasteiger charge is 2.14. The molecule has 2 N–H and O–H groups in total. The summed E-state index contributed by atoms with van der Waals surface area (Å²) in [5.74, 6) is 2.45. The maximum atomic E-state index is 12.5. The lowest BCUT2D eigenvalue weighted by atomic mass is 10.2. The summed E-state index contributed by atoms with van der Waals surface area (Å²) in [7, 11) is 1.63. The molecule has 148 valence electrons. The molecule has 8 nitrogen and oxygen atoms in total. The molecule has 8 heteroatoms. The summed E-state index contributed by atoms with van der Waals surface area (Å²) < 4.78 is 16.0. The number of carbonyl (C=O) groups is 1. The van der Waals surface area contributed by atoms with Crippen LogP contribution in [0.5, 0.6) is 17.2 Å². The zero-order valence-corrected chi connectivity index (χ0v) is 15.8. The number of methoxy groups -OCH3 is 1. The van der Waals surface area contributed by atoms with E-state index in [1.165, 1.54) is 6.33 Å². The van der Waals surface area contributed by atoms with Crippen LogP contribution in [-0.4, -0.2) is 29.8 Å². The molecular weight excluding hydrogens is 372 g/mol. The van der Waals surface area contributed by atoms with Crippen LogP contribution in [-0.2, 0) is 13.1 Å². The summed E-state index contributed by atoms with van der Waals surface area (Å²) in [6.45, 7) is 1.08. The quantitative estimate of drug-likeness (QED) is 0.638. The number of carbonyl (C=O) groups excluding carboxylic acids is 1. The summed E-state index contributed by atoms with van der Waals surface area (Å²) in [4.78, 5) is 20.7. The van der Waals surface area contributed by atoms with E-state index in [1.54, 1.807) is 13.2 Å². The van der Waals surface area contributed by atoms with Gasteiger partial charge in [-0.25, -0.2) is 9.97 Å². The molecule has 3 aromatic rings. The summed E-state index contributed by atoms with van der Waals surface area (Å²) >= 11 is 0. The number of aromatic nitrogens is 2. The van der Waals surface area contributed by atoms with Gasteiger partial charge in [-0.3, -0.25) is 4.79 Å². The largest absolute Gasteiger partial charge is 0.496 e. The van der Waals surface area contributed by atoms with E-state index >= 15 is 0 Å². The molecule has 2 aromatic carbocycles. The maximum Gasteiger partial charge on any atom is 0.270 e. The number of fused-ring (bicyclic) bond motifs is 1.